The van der Waals surface area contributed by atoms with Crippen LogP contribution in [0.25, 0.3) is 0 Å². The van der Waals surface area contributed by atoms with Gasteiger partial charge in [0.05, 0.1) is 6.61 Å². The van der Waals surface area contributed by atoms with Crippen LogP contribution in [0.5, 0.6) is 0 Å². The lowest BCUT2D eigenvalue weighted by Crippen LogP contribution is -2.39. The number of carbonyl (C=O) groups excluding carboxylic acids is 1. The molecule has 0 heterocycles. The molecular formula is C11H16N2O4S. The minimum atomic E-state index is -3.69. The van der Waals surface area contributed by atoms with Crippen LogP contribution in [-0.4, -0.2) is 27.5 Å². The molecule has 2 N–H and O–H groups in total. The molecule has 0 saturated carbocycles. The Morgan fingerprint density at radius 1 is 1.22 bits per heavy atom. The van der Waals surface area contributed by atoms with Crippen molar-refractivity contribution in [2.75, 3.05) is 13.2 Å². The Morgan fingerprint density at radius 3 is 2.50 bits per heavy atom. The van der Waals surface area contributed by atoms with Gasteiger partial charge in [-0.05, 0) is 12.5 Å². The molecule has 0 atom stereocenters. The van der Waals surface area contributed by atoms with Crippen molar-refractivity contribution >= 4 is 16.2 Å². The summed E-state index contributed by atoms with van der Waals surface area (Å²) in [6.45, 7) is 1.66. The fraction of sp³-hybridized carbons (Fsp3) is 0.364. The molecule has 0 unspecified atom stereocenters. The highest BCUT2D eigenvalue weighted by atomic mass is 32.2. The molecular weight excluding hydrogens is 256 g/mol. The van der Waals surface area contributed by atoms with E-state index in [0.29, 0.717) is 0 Å². The average Bonchev–Trinajstić information content (AvgIpc) is 2.36. The third-order valence-corrected chi connectivity index (χ3v) is 3.07. The maximum absolute atomic E-state index is 11.5. The van der Waals surface area contributed by atoms with Crippen LogP contribution >= 0.6 is 0 Å². The van der Waals surface area contributed by atoms with Gasteiger partial charge < -0.3 is 4.74 Å². The summed E-state index contributed by atoms with van der Waals surface area (Å²) >= 11 is 0. The highest BCUT2D eigenvalue weighted by Gasteiger charge is 2.11. The average molecular weight is 272 g/mol. The number of esters is 1. The van der Waals surface area contributed by atoms with Crippen LogP contribution in [0.2, 0.25) is 0 Å². The molecule has 1 aromatic carbocycles. The van der Waals surface area contributed by atoms with Crippen LogP contribution in [0.15, 0.2) is 30.3 Å². The van der Waals surface area contributed by atoms with Crippen molar-refractivity contribution in [3.63, 3.8) is 0 Å². The quantitative estimate of drug-likeness (QED) is 0.693. The lowest BCUT2D eigenvalue weighted by atomic mass is 10.2. The van der Waals surface area contributed by atoms with Gasteiger partial charge in [-0.25, -0.2) is 0 Å². The second kappa shape index (κ2) is 7.10. The first-order chi connectivity index (χ1) is 8.53. The molecule has 0 fully saturated rings. The zero-order chi connectivity index (χ0) is 13.4. The Hall–Kier alpha value is -1.44. The number of benzene rings is 1. The molecule has 0 spiro atoms. The maximum atomic E-state index is 11.5. The van der Waals surface area contributed by atoms with E-state index in [4.69, 9.17) is 0 Å². The summed E-state index contributed by atoms with van der Waals surface area (Å²) in [6, 6.07) is 9.07. The summed E-state index contributed by atoms with van der Waals surface area (Å²) in [6.07, 6.45) is 0. The van der Waals surface area contributed by atoms with E-state index in [2.05, 4.69) is 14.2 Å². The lowest BCUT2D eigenvalue weighted by Gasteiger charge is -2.07. The summed E-state index contributed by atoms with van der Waals surface area (Å²) < 4.78 is 32.0. The minimum Gasteiger partial charge on any atom is -0.465 e. The molecule has 0 radical (unpaired) electrons. The minimum absolute atomic E-state index is 0.166. The molecule has 18 heavy (non-hydrogen) atoms. The number of ether oxygens (including phenoxy) is 1. The topological polar surface area (TPSA) is 84.5 Å². The number of hydrogen-bond acceptors (Lipinski definition) is 4. The normalized spacial score (nSPS) is 11.2. The smallest absolute Gasteiger partial charge is 0.321 e. The van der Waals surface area contributed by atoms with Crippen LogP contribution in [0, 0.1) is 0 Å². The van der Waals surface area contributed by atoms with Gasteiger partial charge in [-0.3, -0.25) is 4.79 Å². The molecule has 0 aliphatic carbocycles. The molecule has 1 rings (SSSR count). The standard InChI is InChI=1S/C11H16N2O4S/c1-2-17-11(14)9-13-18(15,16)12-8-10-6-4-3-5-7-10/h3-7,12-13H,2,8-9H2,1H3. The van der Waals surface area contributed by atoms with Gasteiger partial charge in [-0.2, -0.15) is 17.9 Å². The fourth-order valence-electron chi connectivity index (χ4n) is 1.19. The Balaban J connectivity index is 2.38. The molecule has 0 amide bonds. The van der Waals surface area contributed by atoms with Gasteiger partial charge in [0.15, 0.2) is 0 Å². The van der Waals surface area contributed by atoms with E-state index < -0.39 is 16.2 Å². The Labute approximate surface area is 107 Å². The second-order valence-electron chi connectivity index (χ2n) is 3.44. The zero-order valence-electron chi connectivity index (χ0n) is 10.0. The van der Waals surface area contributed by atoms with Gasteiger partial charge in [0.1, 0.15) is 6.54 Å². The highest BCUT2D eigenvalue weighted by molar-refractivity contribution is 7.87. The first-order valence-electron chi connectivity index (χ1n) is 5.47. The van der Waals surface area contributed by atoms with E-state index in [1.807, 2.05) is 18.2 Å². The molecule has 0 aliphatic rings. The van der Waals surface area contributed by atoms with E-state index in [0.717, 1.165) is 5.56 Å². The summed E-state index contributed by atoms with van der Waals surface area (Å²) in [5.74, 6) is -0.609. The fourth-order valence-corrected chi connectivity index (χ4v) is 1.96. The number of carbonyl (C=O) groups is 1. The van der Waals surface area contributed by atoms with Crippen molar-refractivity contribution < 1.29 is 17.9 Å². The van der Waals surface area contributed by atoms with Crippen LogP contribution in [-0.2, 0) is 26.3 Å². The summed E-state index contributed by atoms with van der Waals surface area (Å²) in [5, 5.41) is 0. The number of rotatable bonds is 7. The van der Waals surface area contributed by atoms with Crippen LogP contribution in [0.1, 0.15) is 12.5 Å². The predicted octanol–water partition coefficient (Wildman–Crippen LogP) is 0.174. The SMILES string of the molecule is CCOC(=O)CNS(=O)(=O)NCc1ccccc1. The lowest BCUT2D eigenvalue weighted by molar-refractivity contribution is -0.141. The third-order valence-electron chi connectivity index (χ3n) is 2.02. The first-order valence-corrected chi connectivity index (χ1v) is 6.95. The summed E-state index contributed by atoms with van der Waals surface area (Å²) in [4.78, 5) is 11.0. The van der Waals surface area contributed by atoms with E-state index in [-0.39, 0.29) is 19.7 Å². The van der Waals surface area contributed by atoms with Gasteiger partial charge >= 0.3 is 5.97 Å². The first kappa shape index (κ1) is 14.6. The molecule has 0 aliphatic heterocycles. The van der Waals surface area contributed by atoms with Crippen LogP contribution in [0.4, 0.5) is 0 Å². The van der Waals surface area contributed by atoms with E-state index >= 15 is 0 Å². The molecule has 7 heteroatoms. The number of nitrogens with one attached hydrogen (secondary N) is 2. The molecule has 6 nitrogen and oxygen atoms in total. The molecule has 0 aromatic heterocycles. The van der Waals surface area contributed by atoms with Crippen molar-refractivity contribution in [2.45, 2.75) is 13.5 Å². The third kappa shape index (κ3) is 5.76. The van der Waals surface area contributed by atoms with Crippen molar-refractivity contribution in [2.24, 2.45) is 0 Å². The summed E-state index contributed by atoms with van der Waals surface area (Å²) in [7, 11) is -3.69. The van der Waals surface area contributed by atoms with Gasteiger partial charge in [-0.15, -0.1) is 0 Å². The van der Waals surface area contributed by atoms with Crippen molar-refractivity contribution in [1.29, 1.82) is 0 Å². The molecule has 0 bridgehead atoms. The van der Waals surface area contributed by atoms with Crippen LogP contribution in [0.3, 0.4) is 0 Å². The van der Waals surface area contributed by atoms with Crippen LogP contribution < -0.4 is 9.44 Å². The maximum Gasteiger partial charge on any atom is 0.321 e. The monoisotopic (exact) mass is 272 g/mol. The molecule has 0 saturated heterocycles. The van der Waals surface area contributed by atoms with E-state index in [1.54, 1.807) is 19.1 Å². The second-order valence-corrected chi connectivity index (χ2v) is 5.02. The largest absolute Gasteiger partial charge is 0.465 e. The van der Waals surface area contributed by atoms with Gasteiger partial charge in [-0.1, -0.05) is 30.3 Å². The molecule has 100 valence electrons. The van der Waals surface area contributed by atoms with Crippen molar-refractivity contribution in [3.8, 4) is 0 Å². The Kier molecular flexibility index (Phi) is 5.76. The van der Waals surface area contributed by atoms with Crippen molar-refractivity contribution in [3.05, 3.63) is 35.9 Å². The zero-order valence-corrected chi connectivity index (χ0v) is 10.9. The van der Waals surface area contributed by atoms with E-state index in [1.165, 1.54) is 0 Å². The van der Waals surface area contributed by atoms with Gasteiger partial charge in [0.25, 0.3) is 10.2 Å². The van der Waals surface area contributed by atoms with Crippen molar-refractivity contribution in [1.82, 2.24) is 9.44 Å². The predicted molar refractivity (Wildman–Crippen MR) is 66.8 cm³/mol. The van der Waals surface area contributed by atoms with Gasteiger partial charge in [0, 0.05) is 6.54 Å². The number of hydrogen-bond donors (Lipinski definition) is 2. The van der Waals surface area contributed by atoms with E-state index in [9.17, 15) is 13.2 Å². The highest BCUT2D eigenvalue weighted by Crippen LogP contribution is 1.97. The van der Waals surface area contributed by atoms with Gasteiger partial charge in [0.2, 0.25) is 0 Å². The Morgan fingerprint density at radius 2 is 1.89 bits per heavy atom. The summed E-state index contributed by atoms with van der Waals surface area (Å²) in [5.41, 5.74) is 0.832. The molecule has 1 aromatic rings. The Bertz CT molecular complexity index is 473.